The van der Waals surface area contributed by atoms with Gasteiger partial charge in [0.15, 0.2) is 17.6 Å². The second-order valence-electron chi connectivity index (χ2n) is 6.34. The molecule has 22 heavy (non-hydrogen) atoms. The predicted molar refractivity (Wildman–Crippen MR) is 83.9 cm³/mol. The lowest BCUT2D eigenvalue weighted by molar-refractivity contribution is -0.136. The number of nitrogens with zero attached hydrogens (tertiary/aromatic N) is 1. The van der Waals surface area contributed by atoms with Gasteiger partial charge in [0, 0.05) is 19.0 Å². The van der Waals surface area contributed by atoms with E-state index in [1.807, 2.05) is 31.3 Å². The highest BCUT2D eigenvalue weighted by molar-refractivity contribution is 5.78. The number of hydrogen-bond donors (Lipinski definition) is 1. The molecule has 1 amide bonds. The van der Waals surface area contributed by atoms with Crippen LogP contribution in [0.4, 0.5) is 0 Å². The number of amides is 1. The Balaban J connectivity index is 1.56. The number of hydrogen-bond acceptors (Lipinski definition) is 4. The number of benzene rings is 1. The quantitative estimate of drug-likeness (QED) is 0.925. The molecule has 2 aliphatic rings. The Morgan fingerprint density at radius 2 is 2.09 bits per heavy atom. The van der Waals surface area contributed by atoms with Crippen molar-refractivity contribution < 1.29 is 14.3 Å². The first-order chi connectivity index (χ1) is 10.6. The van der Waals surface area contributed by atoms with Crippen molar-refractivity contribution in [3.05, 3.63) is 24.3 Å². The smallest absolute Gasteiger partial charge is 0.225 e. The summed E-state index contributed by atoms with van der Waals surface area (Å²) in [7, 11) is 1.84. The van der Waals surface area contributed by atoms with Crippen molar-refractivity contribution in [2.24, 2.45) is 11.7 Å². The second kappa shape index (κ2) is 6.57. The third kappa shape index (κ3) is 3.35. The number of para-hydroxylation sites is 2. The molecule has 0 radical (unpaired) electrons. The van der Waals surface area contributed by atoms with Crippen LogP contribution < -0.4 is 15.2 Å². The van der Waals surface area contributed by atoms with Gasteiger partial charge in [-0.2, -0.15) is 0 Å². The number of carbonyl (C=O) groups excluding carboxylic acids is 1. The molecule has 1 aliphatic heterocycles. The van der Waals surface area contributed by atoms with Crippen molar-refractivity contribution in [2.75, 3.05) is 20.2 Å². The Hall–Kier alpha value is -1.75. The van der Waals surface area contributed by atoms with Gasteiger partial charge >= 0.3 is 0 Å². The van der Waals surface area contributed by atoms with Gasteiger partial charge < -0.3 is 20.1 Å². The van der Waals surface area contributed by atoms with E-state index < -0.39 is 0 Å². The summed E-state index contributed by atoms with van der Waals surface area (Å²) in [5.74, 6) is 1.76. The number of rotatable bonds is 3. The lowest BCUT2D eigenvalue weighted by atomic mass is 9.85. The zero-order valence-corrected chi connectivity index (χ0v) is 13.0. The van der Waals surface area contributed by atoms with Crippen LogP contribution in [0.25, 0.3) is 0 Å². The fourth-order valence-corrected chi connectivity index (χ4v) is 3.31. The molecule has 5 nitrogen and oxygen atoms in total. The highest BCUT2D eigenvalue weighted by atomic mass is 16.6. The Kier molecular flexibility index (Phi) is 4.52. The summed E-state index contributed by atoms with van der Waals surface area (Å²) in [5.41, 5.74) is 5.98. The van der Waals surface area contributed by atoms with Gasteiger partial charge in [0.05, 0.1) is 6.54 Å². The number of nitrogens with two attached hydrogens (primary N) is 1. The maximum atomic E-state index is 12.5. The van der Waals surface area contributed by atoms with Crippen LogP contribution in [0.5, 0.6) is 11.5 Å². The summed E-state index contributed by atoms with van der Waals surface area (Å²) >= 11 is 0. The highest BCUT2D eigenvalue weighted by Crippen LogP contribution is 2.31. The molecule has 120 valence electrons. The summed E-state index contributed by atoms with van der Waals surface area (Å²) in [5, 5.41) is 0. The summed E-state index contributed by atoms with van der Waals surface area (Å²) < 4.78 is 11.6. The number of carbonyl (C=O) groups is 1. The first-order valence-corrected chi connectivity index (χ1v) is 8.02. The van der Waals surface area contributed by atoms with Gasteiger partial charge in [0.25, 0.3) is 0 Å². The largest absolute Gasteiger partial charge is 0.486 e. The fraction of sp³-hybridized carbons (Fsp3) is 0.588. The minimum Gasteiger partial charge on any atom is -0.486 e. The molecule has 3 rings (SSSR count). The van der Waals surface area contributed by atoms with Crippen molar-refractivity contribution in [1.82, 2.24) is 4.90 Å². The van der Waals surface area contributed by atoms with E-state index in [0.717, 1.165) is 37.2 Å². The Morgan fingerprint density at radius 1 is 1.32 bits per heavy atom. The monoisotopic (exact) mass is 304 g/mol. The lowest BCUT2D eigenvalue weighted by Gasteiger charge is -2.33. The third-order valence-corrected chi connectivity index (χ3v) is 4.49. The van der Waals surface area contributed by atoms with Gasteiger partial charge in [0.2, 0.25) is 5.91 Å². The molecule has 3 unspecified atom stereocenters. The SMILES string of the molecule is CN(CC1COc2ccccc2O1)C(=O)C1CCCC(N)C1. The van der Waals surface area contributed by atoms with Crippen LogP contribution in [0.2, 0.25) is 0 Å². The number of ether oxygens (including phenoxy) is 2. The molecule has 1 aliphatic carbocycles. The Bertz CT molecular complexity index is 534. The molecule has 2 N–H and O–H groups in total. The average Bonchev–Trinajstić information content (AvgIpc) is 2.54. The van der Waals surface area contributed by atoms with Crippen molar-refractivity contribution >= 4 is 5.91 Å². The van der Waals surface area contributed by atoms with Gasteiger partial charge in [0.1, 0.15) is 6.61 Å². The van der Waals surface area contributed by atoms with E-state index in [0.29, 0.717) is 13.2 Å². The molecule has 5 heteroatoms. The standard InChI is InChI=1S/C17H24N2O3/c1-19(17(20)12-5-4-6-13(18)9-12)10-14-11-21-15-7-2-3-8-16(15)22-14/h2-3,7-8,12-14H,4-6,9-11,18H2,1H3. The van der Waals surface area contributed by atoms with E-state index in [-0.39, 0.29) is 24.0 Å². The maximum absolute atomic E-state index is 12.5. The van der Waals surface area contributed by atoms with E-state index in [2.05, 4.69) is 0 Å². The number of fused-ring (bicyclic) bond motifs is 1. The average molecular weight is 304 g/mol. The van der Waals surface area contributed by atoms with E-state index in [1.165, 1.54) is 0 Å². The van der Waals surface area contributed by atoms with Crippen molar-refractivity contribution in [2.45, 2.75) is 37.8 Å². The normalized spacial score (nSPS) is 27.3. The Labute approximate surface area is 131 Å². The molecule has 1 saturated carbocycles. The molecule has 1 aromatic carbocycles. The summed E-state index contributed by atoms with van der Waals surface area (Å²) in [6.07, 6.45) is 3.70. The molecule has 0 saturated heterocycles. The van der Waals surface area contributed by atoms with Crippen molar-refractivity contribution in [1.29, 1.82) is 0 Å². The van der Waals surface area contributed by atoms with Gasteiger partial charge in [-0.1, -0.05) is 18.6 Å². The van der Waals surface area contributed by atoms with Gasteiger partial charge in [-0.05, 0) is 31.4 Å². The fourth-order valence-electron chi connectivity index (χ4n) is 3.31. The molecule has 1 heterocycles. The van der Waals surface area contributed by atoms with Crippen LogP contribution in [0, 0.1) is 5.92 Å². The van der Waals surface area contributed by atoms with Gasteiger partial charge in [-0.3, -0.25) is 4.79 Å². The number of likely N-dealkylation sites (N-methyl/N-ethyl adjacent to an activating group) is 1. The third-order valence-electron chi connectivity index (χ3n) is 4.49. The summed E-state index contributed by atoms with van der Waals surface area (Å²) in [4.78, 5) is 14.3. The first-order valence-electron chi connectivity index (χ1n) is 8.02. The maximum Gasteiger partial charge on any atom is 0.225 e. The molecule has 3 atom stereocenters. The second-order valence-corrected chi connectivity index (χ2v) is 6.34. The van der Waals surface area contributed by atoms with E-state index in [1.54, 1.807) is 4.90 Å². The van der Waals surface area contributed by atoms with Crippen LogP contribution in [0.15, 0.2) is 24.3 Å². The molecule has 0 spiro atoms. The summed E-state index contributed by atoms with van der Waals surface area (Å²) in [6.45, 7) is 1.01. The van der Waals surface area contributed by atoms with E-state index in [4.69, 9.17) is 15.2 Å². The van der Waals surface area contributed by atoms with Crippen molar-refractivity contribution in [3.63, 3.8) is 0 Å². The lowest BCUT2D eigenvalue weighted by Crippen LogP contribution is -2.45. The Morgan fingerprint density at radius 3 is 2.86 bits per heavy atom. The predicted octanol–water partition coefficient (Wildman–Crippen LogP) is 1.80. The van der Waals surface area contributed by atoms with E-state index in [9.17, 15) is 4.79 Å². The van der Waals surface area contributed by atoms with Crippen LogP contribution >= 0.6 is 0 Å². The van der Waals surface area contributed by atoms with Crippen LogP contribution in [-0.4, -0.2) is 43.2 Å². The molecule has 0 bridgehead atoms. The van der Waals surface area contributed by atoms with E-state index >= 15 is 0 Å². The van der Waals surface area contributed by atoms with Crippen molar-refractivity contribution in [3.8, 4) is 11.5 Å². The zero-order valence-electron chi connectivity index (χ0n) is 13.0. The first kappa shape index (κ1) is 15.2. The summed E-state index contributed by atoms with van der Waals surface area (Å²) in [6, 6.07) is 7.79. The molecule has 0 aromatic heterocycles. The molecular formula is C17H24N2O3. The zero-order chi connectivity index (χ0) is 15.5. The van der Waals surface area contributed by atoms with Gasteiger partial charge in [-0.25, -0.2) is 0 Å². The molecular weight excluding hydrogens is 280 g/mol. The minimum atomic E-state index is -0.124. The highest BCUT2D eigenvalue weighted by Gasteiger charge is 2.30. The minimum absolute atomic E-state index is 0.0607. The molecule has 1 fully saturated rings. The van der Waals surface area contributed by atoms with Crippen LogP contribution in [0.3, 0.4) is 0 Å². The van der Waals surface area contributed by atoms with Gasteiger partial charge in [-0.15, -0.1) is 0 Å². The van der Waals surface area contributed by atoms with Crippen LogP contribution in [0.1, 0.15) is 25.7 Å². The topological polar surface area (TPSA) is 64.8 Å². The molecule has 1 aromatic rings. The van der Waals surface area contributed by atoms with Crippen LogP contribution in [-0.2, 0) is 4.79 Å².